The molecule has 1 N–H and O–H groups in total. The number of nitrogens with zero attached hydrogens (tertiary/aromatic N) is 3. The topological polar surface area (TPSA) is 59.8 Å². The lowest BCUT2D eigenvalue weighted by Crippen LogP contribution is -2.15. The standard InChI is InChI=1S/C14H11FN4OS2/c15-10-3-4-11(12(7-10)19-5-1-2-6-19)17-13(20)8-21-14-18-16-9-22-14/h1-7,9H,8H2,(H,17,20). The summed E-state index contributed by atoms with van der Waals surface area (Å²) < 4.78 is 15.9. The number of amides is 1. The molecule has 0 aliphatic heterocycles. The number of benzene rings is 1. The molecule has 0 radical (unpaired) electrons. The quantitative estimate of drug-likeness (QED) is 0.728. The zero-order valence-corrected chi connectivity index (χ0v) is 12.9. The van der Waals surface area contributed by atoms with Gasteiger partial charge in [0.05, 0.1) is 17.1 Å². The van der Waals surface area contributed by atoms with Crippen molar-refractivity contribution < 1.29 is 9.18 Å². The predicted molar refractivity (Wildman–Crippen MR) is 85.0 cm³/mol. The van der Waals surface area contributed by atoms with Crippen LogP contribution in [0.3, 0.4) is 0 Å². The average molecular weight is 334 g/mol. The van der Waals surface area contributed by atoms with Gasteiger partial charge in [-0.05, 0) is 30.3 Å². The first-order valence-electron chi connectivity index (χ1n) is 6.34. The first-order valence-corrected chi connectivity index (χ1v) is 8.20. The lowest BCUT2D eigenvalue weighted by atomic mass is 10.2. The fourth-order valence-corrected chi connectivity index (χ4v) is 3.15. The molecule has 0 bridgehead atoms. The van der Waals surface area contributed by atoms with Crippen LogP contribution in [-0.4, -0.2) is 26.4 Å². The summed E-state index contributed by atoms with van der Waals surface area (Å²) in [6.45, 7) is 0. The predicted octanol–water partition coefficient (Wildman–Crippen LogP) is 3.20. The lowest BCUT2D eigenvalue weighted by Gasteiger charge is -2.12. The minimum atomic E-state index is -0.357. The third kappa shape index (κ3) is 3.52. The second-order valence-corrected chi connectivity index (χ2v) is 6.35. The average Bonchev–Trinajstić information content (AvgIpc) is 3.20. The largest absolute Gasteiger partial charge is 0.324 e. The number of carbonyl (C=O) groups is 1. The fourth-order valence-electron chi connectivity index (χ4n) is 1.86. The van der Waals surface area contributed by atoms with E-state index in [1.54, 1.807) is 28.5 Å². The van der Waals surface area contributed by atoms with Gasteiger partial charge in [0.2, 0.25) is 5.91 Å². The van der Waals surface area contributed by atoms with Crippen molar-refractivity contribution in [3.63, 3.8) is 0 Å². The highest BCUT2D eigenvalue weighted by molar-refractivity contribution is 8.01. The molecule has 2 aromatic heterocycles. The van der Waals surface area contributed by atoms with E-state index in [-0.39, 0.29) is 17.5 Å². The number of thioether (sulfide) groups is 1. The molecule has 0 aliphatic carbocycles. The molecule has 2 heterocycles. The monoisotopic (exact) mass is 334 g/mol. The molecule has 1 aromatic carbocycles. The molecule has 0 saturated heterocycles. The van der Waals surface area contributed by atoms with Crippen molar-refractivity contribution in [2.75, 3.05) is 11.1 Å². The zero-order chi connectivity index (χ0) is 15.4. The Kier molecular flexibility index (Phi) is 4.50. The number of rotatable bonds is 5. The van der Waals surface area contributed by atoms with Gasteiger partial charge in [-0.3, -0.25) is 4.79 Å². The van der Waals surface area contributed by atoms with Crippen LogP contribution in [0.5, 0.6) is 0 Å². The van der Waals surface area contributed by atoms with Crippen molar-refractivity contribution in [3.05, 3.63) is 54.1 Å². The van der Waals surface area contributed by atoms with Crippen LogP contribution >= 0.6 is 23.1 Å². The molecular formula is C14H11FN4OS2. The van der Waals surface area contributed by atoms with E-state index in [1.807, 2.05) is 12.1 Å². The van der Waals surface area contributed by atoms with Crippen molar-refractivity contribution in [2.24, 2.45) is 0 Å². The van der Waals surface area contributed by atoms with E-state index in [0.29, 0.717) is 11.4 Å². The Labute approximate surface area is 134 Å². The number of aromatic nitrogens is 3. The Balaban J connectivity index is 1.73. The highest BCUT2D eigenvalue weighted by atomic mass is 32.2. The van der Waals surface area contributed by atoms with Gasteiger partial charge in [-0.1, -0.05) is 23.1 Å². The summed E-state index contributed by atoms with van der Waals surface area (Å²) in [5.41, 5.74) is 2.75. The Morgan fingerprint density at radius 3 is 2.91 bits per heavy atom. The second-order valence-electron chi connectivity index (χ2n) is 4.29. The number of hydrogen-bond donors (Lipinski definition) is 1. The van der Waals surface area contributed by atoms with Crippen LogP contribution in [-0.2, 0) is 4.79 Å². The molecule has 22 heavy (non-hydrogen) atoms. The minimum absolute atomic E-state index is 0.180. The van der Waals surface area contributed by atoms with Crippen LogP contribution < -0.4 is 5.32 Å². The van der Waals surface area contributed by atoms with E-state index in [9.17, 15) is 9.18 Å². The summed E-state index contributed by atoms with van der Waals surface area (Å²) in [4.78, 5) is 12.0. The molecule has 0 spiro atoms. The van der Waals surface area contributed by atoms with Gasteiger partial charge in [-0.25, -0.2) is 4.39 Å². The second kappa shape index (κ2) is 6.71. The van der Waals surface area contributed by atoms with Gasteiger partial charge < -0.3 is 9.88 Å². The van der Waals surface area contributed by atoms with Crippen LogP contribution in [0.25, 0.3) is 5.69 Å². The molecule has 3 rings (SSSR count). The Bertz CT molecular complexity index is 759. The van der Waals surface area contributed by atoms with Crippen molar-refractivity contribution in [2.45, 2.75) is 4.34 Å². The molecule has 3 aromatic rings. The molecule has 0 unspecified atom stereocenters. The van der Waals surface area contributed by atoms with E-state index < -0.39 is 0 Å². The maximum Gasteiger partial charge on any atom is 0.234 e. The van der Waals surface area contributed by atoms with Gasteiger partial charge >= 0.3 is 0 Å². The van der Waals surface area contributed by atoms with E-state index in [2.05, 4.69) is 15.5 Å². The number of carbonyl (C=O) groups excluding carboxylic acids is 1. The van der Waals surface area contributed by atoms with E-state index in [4.69, 9.17) is 0 Å². The Morgan fingerprint density at radius 2 is 2.18 bits per heavy atom. The molecular weight excluding hydrogens is 323 g/mol. The highest BCUT2D eigenvalue weighted by Crippen LogP contribution is 2.23. The smallest absolute Gasteiger partial charge is 0.234 e. The van der Waals surface area contributed by atoms with Crippen LogP contribution in [0, 0.1) is 5.82 Å². The molecule has 0 aliphatic rings. The highest BCUT2D eigenvalue weighted by Gasteiger charge is 2.10. The van der Waals surface area contributed by atoms with Crippen LogP contribution in [0.15, 0.2) is 52.6 Å². The van der Waals surface area contributed by atoms with Crippen LogP contribution in [0.2, 0.25) is 0 Å². The van der Waals surface area contributed by atoms with Crippen LogP contribution in [0.4, 0.5) is 10.1 Å². The summed E-state index contributed by atoms with van der Waals surface area (Å²) in [5.74, 6) is -0.317. The van der Waals surface area contributed by atoms with Gasteiger partial charge in [0, 0.05) is 12.4 Å². The van der Waals surface area contributed by atoms with Crippen molar-refractivity contribution in [3.8, 4) is 5.69 Å². The number of halogens is 1. The van der Waals surface area contributed by atoms with E-state index >= 15 is 0 Å². The molecule has 8 heteroatoms. The SMILES string of the molecule is O=C(CSc1nncs1)Nc1ccc(F)cc1-n1cccc1. The lowest BCUT2D eigenvalue weighted by molar-refractivity contribution is -0.113. The van der Waals surface area contributed by atoms with Gasteiger partial charge in [-0.15, -0.1) is 10.2 Å². The third-order valence-electron chi connectivity index (χ3n) is 2.78. The van der Waals surface area contributed by atoms with E-state index in [0.717, 1.165) is 4.34 Å². The molecule has 1 amide bonds. The minimum Gasteiger partial charge on any atom is -0.324 e. The molecule has 0 saturated carbocycles. The number of hydrogen-bond acceptors (Lipinski definition) is 5. The van der Waals surface area contributed by atoms with Crippen molar-refractivity contribution >= 4 is 34.7 Å². The maximum atomic E-state index is 13.5. The van der Waals surface area contributed by atoms with Crippen molar-refractivity contribution in [1.29, 1.82) is 0 Å². The Morgan fingerprint density at radius 1 is 1.36 bits per heavy atom. The Hall–Kier alpha value is -2.19. The molecule has 5 nitrogen and oxygen atoms in total. The molecule has 0 atom stereocenters. The van der Waals surface area contributed by atoms with Gasteiger partial charge in [0.1, 0.15) is 11.3 Å². The maximum absolute atomic E-state index is 13.5. The van der Waals surface area contributed by atoms with Crippen molar-refractivity contribution in [1.82, 2.24) is 14.8 Å². The van der Waals surface area contributed by atoms with Crippen LogP contribution in [0.1, 0.15) is 0 Å². The zero-order valence-electron chi connectivity index (χ0n) is 11.3. The first-order chi connectivity index (χ1) is 10.7. The summed E-state index contributed by atoms with van der Waals surface area (Å²) in [6, 6.07) is 7.93. The number of anilines is 1. The summed E-state index contributed by atoms with van der Waals surface area (Å²) in [5, 5.41) is 10.4. The first kappa shape index (κ1) is 14.7. The fraction of sp³-hybridized carbons (Fsp3) is 0.0714. The molecule has 0 fully saturated rings. The van der Waals surface area contributed by atoms with E-state index in [1.165, 1.54) is 35.2 Å². The summed E-state index contributed by atoms with van der Waals surface area (Å²) >= 11 is 2.69. The number of nitrogens with one attached hydrogen (secondary N) is 1. The third-order valence-corrected chi connectivity index (χ3v) is 4.64. The normalized spacial score (nSPS) is 10.6. The summed E-state index contributed by atoms with van der Waals surface area (Å²) in [7, 11) is 0. The van der Waals surface area contributed by atoms with Gasteiger partial charge in [0.15, 0.2) is 4.34 Å². The van der Waals surface area contributed by atoms with Gasteiger partial charge in [0.25, 0.3) is 0 Å². The van der Waals surface area contributed by atoms with Gasteiger partial charge in [-0.2, -0.15) is 0 Å². The molecule has 112 valence electrons. The summed E-state index contributed by atoms with van der Waals surface area (Å²) in [6.07, 6.45) is 3.58.